The maximum atomic E-state index is 5.36. The minimum Gasteiger partial charge on any atom is -0.496 e. The van der Waals surface area contributed by atoms with Crippen LogP contribution >= 0.6 is 11.3 Å². The lowest BCUT2D eigenvalue weighted by Crippen LogP contribution is -2.20. The first kappa shape index (κ1) is 12.1. The molecule has 17 heavy (non-hydrogen) atoms. The smallest absolute Gasteiger partial charge is 0.134 e. The molecule has 2 aromatic heterocycles. The van der Waals surface area contributed by atoms with Crippen molar-refractivity contribution in [3.05, 3.63) is 34.5 Å². The van der Waals surface area contributed by atoms with Crippen molar-refractivity contribution in [2.45, 2.75) is 12.5 Å². The Kier molecular flexibility index (Phi) is 3.81. The summed E-state index contributed by atoms with van der Waals surface area (Å²) in [5, 5.41) is 5.37. The van der Waals surface area contributed by atoms with E-state index in [0.717, 1.165) is 18.0 Å². The van der Waals surface area contributed by atoms with Crippen molar-refractivity contribution in [1.82, 2.24) is 14.9 Å². The summed E-state index contributed by atoms with van der Waals surface area (Å²) in [5.74, 6) is 2.02. The number of rotatable bonds is 5. The van der Waals surface area contributed by atoms with E-state index in [1.165, 1.54) is 4.88 Å². The van der Waals surface area contributed by atoms with Crippen LogP contribution in [0, 0.1) is 0 Å². The normalized spacial score (nSPS) is 12.6. The van der Waals surface area contributed by atoms with Gasteiger partial charge in [-0.05, 0) is 18.5 Å². The molecule has 2 aromatic rings. The molecule has 92 valence electrons. The summed E-state index contributed by atoms with van der Waals surface area (Å²) in [6, 6.07) is 2.24. The Labute approximate surface area is 105 Å². The number of methoxy groups -OCH3 is 1. The van der Waals surface area contributed by atoms with Crippen molar-refractivity contribution in [2.75, 3.05) is 14.2 Å². The average molecular weight is 251 g/mol. The van der Waals surface area contributed by atoms with Gasteiger partial charge in [0.25, 0.3) is 0 Å². The van der Waals surface area contributed by atoms with E-state index >= 15 is 0 Å². The lowest BCUT2D eigenvalue weighted by atomic mass is 10.1. The number of hydrogen-bond donors (Lipinski definition) is 1. The molecular formula is C12H17N3OS. The minimum atomic E-state index is 0.242. The van der Waals surface area contributed by atoms with Crippen molar-refractivity contribution in [2.24, 2.45) is 7.05 Å². The second kappa shape index (κ2) is 5.33. The number of aromatic nitrogens is 2. The number of thiophene rings is 1. The third-order valence-corrected chi connectivity index (χ3v) is 3.86. The lowest BCUT2D eigenvalue weighted by Gasteiger charge is -2.16. The van der Waals surface area contributed by atoms with Gasteiger partial charge < -0.3 is 14.6 Å². The topological polar surface area (TPSA) is 39.1 Å². The van der Waals surface area contributed by atoms with Crippen LogP contribution in [-0.4, -0.2) is 23.7 Å². The van der Waals surface area contributed by atoms with E-state index in [1.54, 1.807) is 18.4 Å². The SMILES string of the molecule is CNC(Cc1nccn1C)c1sccc1OC. The Balaban J connectivity index is 2.20. The van der Waals surface area contributed by atoms with Crippen LogP contribution in [0.5, 0.6) is 5.75 Å². The molecule has 0 saturated carbocycles. The zero-order valence-corrected chi connectivity index (χ0v) is 11.1. The first-order valence-corrected chi connectivity index (χ1v) is 6.39. The predicted octanol–water partition coefficient (Wildman–Crippen LogP) is 1.99. The summed E-state index contributed by atoms with van der Waals surface area (Å²) in [5.41, 5.74) is 0. The van der Waals surface area contributed by atoms with E-state index in [9.17, 15) is 0 Å². The van der Waals surface area contributed by atoms with E-state index in [-0.39, 0.29) is 6.04 Å². The summed E-state index contributed by atoms with van der Waals surface area (Å²) in [6.07, 6.45) is 4.65. The van der Waals surface area contributed by atoms with Crippen molar-refractivity contribution in [3.63, 3.8) is 0 Å². The van der Waals surface area contributed by atoms with Crippen LogP contribution in [0.2, 0.25) is 0 Å². The van der Waals surface area contributed by atoms with Crippen LogP contribution in [0.4, 0.5) is 0 Å². The van der Waals surface area contributed by atoms with Gasteiger partial charge in [-0.1, -0.05) is 0 Å². The molecule has 0 spiro atoms. The Morgan fingerprint density at radius 2 is 2.41 bits per heavy atom. The van der Waals surface area contributed by atoms with Gasteiger partial charge in [-0.25, -0.2) is 4.98 Å². The second-order valence-electron chi connectivity index (χ2n) is 3.85. The molecule has 2 rings (SSSR count). The maximum Gasteiger partial charge on any atom is 0.134 e. The molecule has 0 aliphatic heterocycles. The summed E-state index contributed by atoms with van der Waals surface area (Å²) in [7, 11) is 5.69. The number of aryl methyl sites for hydroxylation is 1. The Morgan fingerprint density at radius 3 is 3.00 bits per heavy atom. The fourth-order valence-electron chi connectivity index (χ4n) is 1.83. The van der Waals surface area contributed by atoms with Gasteiger partial charge in [-0.15, -0.1) is 11.3 Å². The van der Waals surface area contributed by atoms with Gasteiger partial charge in [0.2, 0.25) is 0 Å². The molecular weight excluding hydrogens is 234 g/mol. The highest BCUT2D eigenvalue weighted by molar-refractivity contribution is 7.10. The number of hydrogen-bond acceptors (Lipinski definition) is 4. The molecule has 0 bridgehead atoms. The fraction of sp³-hybridized carbons (Fsp3) is 0.417. The monoisotopic (exact) mass is 251 g/mol. The molecule has 0 aliphatic rings. The number of imidazole rings is 1. The standard InChI is InChI=1S/C12H17N3OS/c1-13-9(8-11-14-5-6-15(11)2)12-10(16-3)4-7-17-12/h4-7,9,13H,8H2,1-3H3. The maximum absolute atomic E-state index is 5.36. The van der Waals surface area contributed by atoms with E-state index in [2.05, 4.69) is 15.7 Å². The third-order valence-electron chi connectivity index (χ3n) is 2.85. The first-order chi connectivity index (χ1) is 8.26. The molecule has 2 heterocycles. The van der Waals surface area contributed by atoms with E-state index in [4.69, 9.17) is 4.74 Å². The Morgan fingerprint density at radius 1 is 1.59 bits per heavy atom. The number of ether oxygens (including phenoxy) is 1. The number of nitrogens with zero attached hydrogens (tertiary/aromatic N) is 2. The minimum absolute atomic E-state index is 0.242. The molecule has 0 aromatic carbocycles. The molecule has 1 atom stereocenters. The number of likely N-dealkylation sites (N-methyl/N-ethyl adjacent to an activating group) is 1. The molecule has 0 fully saturated rings. The zero-order chi connectivity index (χ0) is 12.3. The summed E-state index contributed by atoms with van der Waals surface area (Å²) in [6.45, 7) is 0. The van der Waals surface area contributed by atoms with Gasteiger partial charge in [0.05, 0.1) is 18.0 Å². The van der Waals surface area contributed by atoms with Crippen molar-refractivity contribution in [1.29, 1.82) is 0 Å². The zero-order valence-electron chi connectivity index (χ0n) is 10.3. The summed E-state index contributed by atoms with van der Waals surface area (Å²) in [4.78, 5) is 5.58. The third kappa shape index (κ3) is 2.50. The highest BCUT2D eigenvalue weighted by atomic mass is 32.1. The summed E-state index contributed by atoms with van der Waals surface area (Å²) < 4.78 is 7.41. The second-order valence-corrected chi connectivity index (χ2v) is 4.80. The first-order valence-electron chi connectivity index (χ1n) is 5.51. The molecule has 4 nitrogen and oxygen atoms in total. The van der Waals surface area contributed by atoms with Crippen molar-refractivity contribution >= 4 is 11.3 Å². The predicted molar refractivity (Wildman–Crippen MR) is 69.6 cm³/mol. The van der Waals surface area contributed by atoms with Gasteiger partial charge in [0.15, 0.2) is 0 Å². The van der Waals surface area contributed by atoms with Gasteiger partial charge in [0, 0.05) is 25.9 Å². The highest BCUT2D eigenvalue weighted by Gasteiger charge is 2.18. The van der Waals surface area contributed by atoms with Gasteiger partial charge in [-0.2, -0.15) is 0 Å². The van der Waals surface area contributed by atoms with E-state index in [1.807, 2.05) is 37.1 Å². The Bertz CT molecular complexity index is 478. The van der Waals surface area contributed by atoms with Crippen LogP contribution in [-0.2, 0) is 13.5 Å². The molecule has 1 N–H and O–H groups in total. The van der Waals surface area contributed by atoms with Crippen LogP contribution in [0.1, 0.15) is 16.7 Å². The largest absolute Gasteiger partial charge is 0.496 e. The van der Waals surface area contributed by atoms with Crippen molar-refractivity contribution < 1.29 is 4.74 Å². The van der Waals surface area contributed by atoms with E-state index in [0.29, 0.717) is 0 Å². The molecule has 0 aliphatic carbocycles. The Hall–Kier alpha value is -1.33. The summed E-state index contributed by atoms with van der Waals surface area (Å²) >= 11 is 1.71. The highest BCUT2D eigenvalue weighted by Crippen LogP contribution is 2.32. The quantitative estimate of drug-likeness (QED) is 0.883. The van der Waals surface area contributed by atoms with E-state index < -0.39 is 0 Å². The van der Waals surface area contributed by atoms with Crippen LogP contribution in [0.15, 0.2) is 23.8 Å². The van der Waals surface area contributed by atoms with Gasteiger partial charge in [0.1, 0.15) is 11.6 Å². The van der Waals surface area contributed by atoms with Crippen LogP contribution < -0.4 is 10.1 Å². The molecule has 5 heteroatoms. The lowest BCUT2D eigenvalue weighted by molar-refractivity contribution is 0.404. The van der Waals surface area contributed by atoms with Gasteiger partial charge in [-0.3, -0.25) is 0 Å². The fourth-order valence-corrected chi connectivity index (χ4v) is 2.80. The molecule has 0 amide bonds. The van der Waals surface area contributed by atoms with Crippen LogP contribution in [0.3, 0.4) is 0 Å². The molecule has 1 unspecified atom stereocenters. The van der Waals surface area contributed by atoms with Crippen molar-refractivity contribution in [3.8, 4) is 5.75 Å². The molecule has 0 saturated heterocycles. The van der Waals surface area contributed by atoms with Gasteiger partial charge >= 0.3 is 0 Å². The molecule has 0 radical (unpaired) electrons. The average Bonchev–Trinajstić information content (AvgIpc) is 2.95. The number of nitrogens with one attached hydrogen (secondary N) is 1. The van der Waals surface area contributed by atoms with Crippen LogP contribution in [0.25, 0.3) is 0 Å².